The number of carbonyl (C=O) groups is 1. The minimum absolute atomic E-state index is 0.118. The molecule has 1 atom stereocenters. The lowest BCUT2D eigenvalue weighted by Crippen LogP contribution is -2.64. The third kappa shape index (κ3) is 2.47. The van der Waals surface area contributed by atoms with Gasteiger partial charge in [0.15, 0.2) is 0 Å². The molecule has 98 valence electrons. The molecule has 0 bridgehead atoms. The maximum absolute atomic E-state index is 12.0. The third-order valence-corrected chi connectivity index (χ3v) is 4.40. The predicted octanol–water partition coefficient (Wildman–Crippen LogP) is 0.716. The molecule has 1 unspecified atom stereocenters. The molecule has 0 aromatic heterocycles. The van der Waals surface area contributed by atoms with Crippen molar-refractivity contribution in [2.24, 2.45) is 11.1 Å². The Morgan fingerprint density at radius 3 is 2.41 bits per heavy atom. The number of carbonyl (C=O) groups excluding carboxylic acids is 1. The number of amides is 1. The lowest BCUT2D eigenvalue weighted by molar-refractivity contribution is -0.136. The molecular weight excluding hydrogens is 214 g/mol. The molecule has 1 aliphatic carbocycles. The first-order chi connectivity index (χ1) is 7.96. The van der Waals surface area contributed by atoms with Crippen molar-refractivity contribution in [1.82, 2.24) is 10.2 Å². The maximum atomic E-state index is 12.0. The van der Waals surface area contributed by atoms with E-state index in [9.17, 15) is 4.79 Å². The molecule has 1 saturated carbocycles. The summed E-state index contributed by atoms with van der Waals surface area (Å²) in [5.41, 5.74) is 5.60. The van der Waals surface area contributed by atoms with E-state index in [1.54, 1.807) is 0 Å². The number of nitrogens with zero attached hydrogens (tertiary/aromatic N) is 1. The third-order valence-electron chi connectivity index (χ3n) is 4.40. The molecule has 4 heteroatoms. The van der Waals surface area contributed by atoms with Gasteiger partial charge in [-0.25, -0.2) is 0 Å². The van der Waals surface area contributed by atoms with Crippen LogP contribution >= 0.6 is 0 Å². The topological polar surface area (TPSA) is 58.4 Å². The van der Waals surface area contributed by atoms with Crippen LogP contribution in [0, 0.1) is 5.41 Å². The highest BCUT2D eigenvalue weighted by Gasteiger charge is 2.48. The summed E-state index contributed by atoms with van der Waals surface area (Å²) in [6, 6.07) is 0. The molecular formula is C13H25N3O. The number of hydrogen-bond acceptors (Lipinski definition) is 3. The van der Waals surface area contributed by atoms with Crippen LogP contribution in [-0.2, 0) is 4.79 Å². The fraction of sp³-hybridized carbons (Fsp3) is 0.923. The van der Waals surface area contributed by atoms with Crippen LogP contribution in [-0.4, -0.2) is 42.5 Å². The Morgan fingerprint density at radius 1 is 1.24 bits per heavy atom. The molecule has 17 heavy (non-hydrogen) atoms. The summed E-state index contributed by atoms with van der Waals surface area (Å²) in [6.07, 6.45) is 4.16. The Balaban J connectivity index is 2.22. The number of nitrogens with one attached hydrogen (secondary N) is 1. The Bertz CT molecular complexity index is 297. The van der Waals surface area contributed by atoms with Crippen LogP contribution in [0.1, 0.15) is 39.5 Å². The second-order valence-electron chi connectivity index (χ2n) is 6.33. The van der Waals surface area contributed by atoms with Crippen molar-refractivity contribution in [3.05, 3.63) is 0 Å². The summed E-state index contributed by atoms with van der Waals surface area (Å²) in [5.74, 6) is -0.118. The van der Waals surface area contributed by atoms with E-state index in [1.165, 1.54) is 6.42 Å². The second-order valence-corrected chi connectivity index (χ2v) is 6.33. The van der Waals surface area contributed by atoms with Gasteiger partial charge in [-0.3, -0.25) is 9.69 Å². The number of nitrogens with two attached hydrogens (primary N) is 1. The number of hydrogen-bond donors (Lipinski definition) is 2. The van der Waals surface area contributed by atoms with Gasteiger partial charge in [-0.1, -0.05) is 20.3 Å². The van der Waals surface area contributed by atoms with Gasteiger partial charge in [0.2, 0.25) is 5.91 Å². The van der Waals surface area contributed by atoms with Gasteiger partial charge in [0, 0.05) is 26.2 Å². The summed E-state index contributed by atoms with van der Waals surface area (Å²) in [4.78, 5) is 14.3. The first-order valence-corrected chi connectivity index (χ1v) is 6.72. The molecule has 1 amide bonds. The van der Waals surface area contributed by atoms with Crippen molar-refractivity contribution in [2.45, 2.75) is 45.1 Å². The van der Waals surface area contributed by atoms with Gasteiger partial charge in [0.05, 0.1) is 0 Å². The number of primary amides is 1. The molecule has 0 radical (unpaired) electrons. The zero-order chi connectivity index (χ0) is 12.5. The minimum atomic E-state index is -0.385. The van der Waals surface area contributed by atoms with Crippen molar-refractivity contribution in [2.75, 3.05) is 26.2 Å². The highest BCUT2D eigenvalue weighted by molar-refractivity contribution is 5.85. The SMILES string of the molecule is CC1(C)CCCC(C(N)=O)(N2CCNCC2)C1. The normalized spacial score (nSPS) is 34.5. The number of rotatable bonds is 2. The Morgan fingerprint density at radius 2 is 1.88 bits per heavy atom. The van der Waals surface area contributed by atoms with Gasteiger partial charge in [-0.15, -0.1) is 0 Å². The van der Waals surface area contributed by atoms with E-state index in [4.69, 9.17) is 5.73 Å². The van der Waals surface area contributed by atoms with Crippen LogP contribution in [0.3, 0.4) is 0 Å². The fourth-order valence-corrected chi connectivity index (χ4v) is 3.56. The van der Waals surface area contributed by atoms with E-state index >= 15 is 0 Å². The van der Waals surface area contributed by atoms with E-state index < -0.39 is 0 Å². The van der Waals surface area contributed by atoms with Crippen molar-refractivity contribution in [3.63, 3.8) is 0 Å². The van der Waals surface area contributed by atoms with Gasteiger partial charge in [0.1, 0.15) is 5.54 Å². The smallest absolute Gasteiger partial charge is 0.237 e. The van der Waals surface area contributed by atoms with Crippen LogP contribution in [0.25, 0.3) is 0 Å². The first-order valence-electron chi connectivity index (χ1n) is 6.72. The van der Waals surface area contributed by atoms with E-state index in [0.29, 0.717) is 0 Å². The highest BCUT2D eigenvalue weighted by atomic mass is 16.1. The summed E-state index contributed by atoms with van der Waals surface area (Å²) in [6.45, 7) is 8.33. The van der Waals surface area contributed by atoms with Gasteiger partial charge in [-0.2, -0.15) is 0 Å². The lowest BCUT2D eigenvalue weighted by Gasteiger charge is -2.50. The van der Waals surface area contributed by atoms with Crippen molar-refractivity contribution in [1.29, 1.82) is 0 Å². The summed E-state index contributed by atoms with van der Waals surface area (Å²) in [7, 11) is 0. The largest absolute Gasteiger partial charge is 0.368 e. The Hall–Kier alpha value is -0.610. The molecule has 0 spiro atoms. The van der Waals surface area contributed by atoms with Crippen molar-refractivity contribution in [3.8, 4) is 0 Å². The van der Waals surface area contributed by atoms with Crippen LogP contribution in [0.15, 0.2) is 0 Å². The van der Waals surface area contributed by atoms with Gasteiger partial charge in [0.25, 0.3) is 0 Å². The second kappa shape index (κ2) is 4.58. The minimum Gasteiger partial charge on any atom is -0.368 e. The summed E-state index contributed by atoms with van der Waals surface area (Å²) >= 11 is 0. The van der Waals surface area contributed by atoms with E-state index in [-0.39, 0.29) is 16.9 Å². The quantitative estimate of drug-likeness (QED) is 0.746. The lowest BCUT2D eigenvalue weighted by atomic mass is 9.67. The first kappa shape index (κ1) is 12.8. The van der Waals surface area contributed by atoms with E-state index in [0.717, 1.165) is 45.4 Å². The van der Waals surface area contributed by atoms with Gasteiger partial charge in [-0.05, 0) is 24.7 Å². The molecule has 1 aliphatic heterocycles. The monoisotopic (exact) mass is 239 g/mol. The average Bonchev–Trinajstić information content (AvgIpc) is 2.28. The van der Waals surface area contributed by atoms with Crippen LogP contribution < -0.4 is 11.1 Å². The predicted molar refractivity (Wildman–Crippen MR) is 68.6 cm³/mol. The molecule has 4 nitrogen and oxygen atoms in total. The molecule has 0 aromatic rings. The van der Waals surface area contributed by atoms with E-state index in [1.807, 2.05) is 0 Å². The Labute approximate surface area is 104 Å². The summed E-state index contributed by atoms with van der Waals surface area (Å²) < 4.78 is 0. The van der Waals surface area contributed by atoms with Crippen molar-refractivity contribution >= 4 is 5.91 Å². The van der Waals surface area contributed by atoms with Crippen LogP contribution in [0.4, 0.5) is 0 Å². The molecule has 1 heterocycles. The zero-order valence-corrected chi connectivity index (χ0v) is 11.1. The van der Waals surface area contributed by atoms with Crippen molar-refractivity contribution < 1.29 is 4.79 Å². The van der Waals surface area contributed by atoms with Crippen LogP contribution in [0.2, 0.25) is 0 Å². The fourth-order valence-electron chi connectivity index (χ4n) is 3.56. The van der Waals surface area contributed by atoms with E-state index in [2.05, 4.69) is 24.1 Å². The molecule has 2 rings (SSSR count). The maximum Gasteiger partial charge on any atom is 0.237 e. The zero-order valence-electron chi connectivity index (χ0n) is 11.1. The molecule has 3 N–H and O–H groups in total. The molecule has 0 aromatic carbocycles. The van der Waals surface area contributed by atoms with Gasteiger partial charge < -0.3 is 11.1 Å². The standard InChI is InChI=1S/C13H25N3O/c1-12(2)4-3-5-13(10-12,11(14)17)16-8-6-15-7-9-16/h15H,3-10H2,1-2H3,(H2,14,17). The molecule has 2 fully saturated rings. The molecule has 1 saturated heterocycles. The van der Waals surface area contributed by atoms with Crippen LogP contribution in [0.5, 0.6) is 0 Å². The highest BCUT2D eigenvalue weighted by Crippen LogP contribution is 2.43. The Kier molecular flexibility index (Phi) is 3.46. The number of piperazine rings is 1. The average molecular weight is 239 g/mol. The summed E-state index contributed by atoms with van der Waals surface area (Å²) in [5, 5.41) is 3.34. The molecule has 2 aliphatic rings. The van der Waals surface area contributed by atoms with Gasteiger partial charge >= 0.3 is 0 Å².